The van der Waals surface area contributed by atoms with E-state index >= 15 is 0 Å². The van der Waals surface area contributed by atoms with E-state index in [0.29, 0.717) is 30.2 Å². The highest BCUT2D eigenvalue weighted by Gasteiger charge is 2.26. The maximum absolute atomic E-state index is 13.4. The number of carbonyl (C=O) groups excluding carboxylic acids is 1. The summed E-state index contributed by atoms with van der Waals surface area (Å²) in [5, 5.41) is 20.6. The van der Waals surface area contributed by atoms with Gasteiger partial charge in [0.05, 0.1) is 31.2 Å². The molecule has 0 aliphatic carbocycles. The van der Waals surface area contributed by atoms with Crippen molar-refractivity contribution in [1.29, 1.82) is 0 Å². The van der Waals surface area contributed by atoms with Gasteiger partial charge in [0.15, 0.2) is 5.69 Å². The van der Waals surface area contributed by atoms with E-state index < -0.39 is 5.82 Å². The van der Waals surface area contributed by atoms with Gasteiger partial charge in [-0.3, -0.25) is 4.79 Å². The molecule has 0 aliphatic rings. The molecule has 0 aliphatic heterocycles. The third-order valence-corrected chi connectivity index (χ3v) is 4.82. The van der Waals surface area contributed by atoms with Crippen molar-refractivity contribution < 1.29 is 9.18 Å². The first-order chi connectivity index (χ1) is 15.5. The number of aromatic nitrogens is 9. The van der Waals surface area contributed by atoms with Gasteiger partial charge >= 0.3 is 0 Å². The molecule has 0 spiro atoms. The van der Waals surface area contributed by atoms with Gasteiger partial charge in [-0.15, -0.1) is 15.0 Å². The lowest BCUT2D eigenvalue weighted by atomic mass is 10.2. The maximum Gasteiger partial charge on any atom is 0.275 e. The van der Waals surface area contributed by atoms with Crippen LogP contribution in [0.2, 0.25) is 0 Å². The van der Waals surface area contributed by atoms with Crippen molar-refractivity contribution >= 4 is 5.91 Å². The molecule has 0 N–H and O–H groups in total. The summed E-state index contributed by atoms with van der Waals surface area (Å²) in [6, 6.07) is 6.07. The minimum absolute atomic E-state index is 0.253. The number of pyridine rings is 2. The van der Waals surface area contributed by atoms with Crippen LogP contribution in [0.3, 0.4) is 0 Å². The fraction of sp³-hybridized carbons (Fsp3) is 0.300. The molecular formula is C20H21FN10O. The Kier molecular flexibility index (Phi) is 5.92. The van der Waals surface area contributed by atoms with Gasteiger partial charge < -0.3 is 4.90 Å². The Morgan fingerprint density at radius 2 is 1.97 bits per heavy atom. The van der Waals surface area contributed by atoms with E-state index in [1.807, 2.05) is 20.8 Å². The van der Waals surface area contributed by atoms with E-state index in [2.05, 4.69) is 35.6 Å². The van der Waals surface area contributed by atoms with E-state index in [-0.39, 0.29) is 23.5 Å². The first-order valence-electron chi connectivity index (χ1n) is 10.0. The van der Waals surface area contributed by atoms with Crippen molar-refractivity contribution in [2.24, 2.45) is 0 Å². The lowest BCUT2D eigenvalue weighted by Crippen LogP contribution is -2.42. The van der Waals surface area contributed by atoms with Gasteiger partial charge in [0.2, 0.25) is 5.82 Å². The highest BCUT2D eigenvalue weighted by atomic mass is 19.1. The molecule has 4 aromatic heterocycles. The van der Waals surface area contributed by atoms with Crippen LogP contribution in [0.25, 0.3) is 17.2 Å². The van der Waals surface area contributed by atoms with E-state index in [1.54, 1.807) is 17.0 Å². The van der Waals surface area contributed by atoms with Crippen molar-refractivity contribution in [1.82, 2.24) is 50.1 Å². The van der Waals surface area contributed by atoms with Crippen LogP contribution in [0.1, 0.15) is 30.0 Å². The Hall–Kier alpha value is -4.09. The first-order valence-corrected chi connectivity index (χ1v) is 10.0. The van der Waals surface area contributed by atoms with Gasteiger partial charge in [-0.25, -0.2) is 14.4 Å². The fourth-order valence-electron chi connectivity index (χ4n) is 3.27. The predicted octanol–water partition coefficient (Wildman–Crippen LogP) is 1.71. The molecule has 0 radical (unpaired) electrons. The van der Waals surface area contributed by atoms with Gasteiger partial charge in [-0.05, 0) is 50.3 Å². The quantitative estimate of drug-likeness (QED) is 0.429. The third kappa shape index (κ3) is 4.33. The number of carbonyl (C=O) groups is 1. The zero-order valence-corrected chi connectivity index (χ0v) is 17.8. The Bertz CT molecular complexity index is 1210. The normalized spacial score (nSPS) is 12.0. The molecule has 0 saturated heterocycles. The first kappa shape index (κ1) is 21.2. The summed E-state index contributed by atoms with van der Waals surface area (Å²) >= 11 is 0. The molecule has 164 valence electrons. The number of halogens is 1. The number of nitrogens with zero attached hydrogens (tertiary/aromatic N) is 10. The summed E-state index contributed by atoms with van der Waals surface area (Å²) in [4.78, 5) is 26.3. The second-order valence-electron chi connectivity index (χ2n) is 7.11. The molecule has 1 amide bonds. The van der Waals surface area contributed by atoms with E-state index in [1.165, 1.54) is 34.1 Å². The van der Waals surface area contributed by atoms with Crippen molar-refractivity contribution in [3.8, 4) is 17.2 Å². The van der Waals surface area contributed by atoms with Gasteiger partial charge in [0.1, 0.15) is 17.2 Å². The molecule has 0 bridgehead atoms. The monoisotopic (exact) mass is 436 g/mol. The molecule has 0 aromatic carbocycles. The second kappa shape index (κ2) is 8.96. The van der Waals surface area contributed by atoms with Gasteiger partial charge in [0.25, 0.3) is 5.91 Å². The zero-order valence-electron chi connectivity index (χ0n) is 17.8. The Morgan fingerprint density at radius 1 is 1.19 bits per heavy atom. The minimum Gasteiger partial charge on any atom is -0.333 e. The molecule has 32 heavy (non-hydrogen) atoms. The van der Waals surface area contributed by atoms with E-state index in [4.69, 9.17) is 0 Å². The second-order valence-corrected chi connectivity index (χ2v) is 7.11. The van der Waals surface area contributed by atoms with Crippen LogP contribution in [0, 0.1) is 12.7 Å². The molecule has 0 fully saturated rings. The molecule has 0 unspecified atom stereocenters. The zero-order chi connectivity index (χ0) is 22.7. The number of rotatable bonds is 7. The van der Waals surface area contributed by atoms with Crippen molar-refractivity contribution in [3.05, 3.63) is 60.1 Å². The average Bonchev–Trinajstić information content (AvgIpc) is 3.47. The molecule has 4 heterocycles. The Labute approximate surface area is 182 Å². The smallest absolute Gasteiger partial charge is 0.275 e. The van der Waals surface area contributed by atoms with Crippen LogP contribution < -0.4 is 0 Å². The fourth-order valence-corrected chi connectivity index (χ4v) is 3.27. The minimum atomic E-state index is -0.443. The van der Waals surface area contributed by atoms with Crippen molar-refractivity contribution in [3.63, 3.8) is 0 Å². The van der Waals surface area contributed by atoms with Gasteiger partial charge in [-0.2, -0.15) is 15.0 Å². The summed E-state index contributed by atoms with van der Waals surface area (Å²) in [6.45, 7) is 6.35. The van der Waals surface area contributed by atoms with Crippen LogP contribution in [0.5, 0.6) is 0 Å². The summed E-state index contributed by atoms with van der Waals surface area (Å²) in [5.74, 6) is -0.420. The standard InChI is InChI=1S/C20H21FN10O/c1-4-29(20(32)18-17(8-5-13(2)25-18)31-23-9-10-24-31)14(3)12-30-27-19(26-28-30)16-7-6-15(21)11-22-16/h5-11,14H,4,12H2,1-3H3/t14-/m0/s1. The summed E-state index contributed by atoms with van der Waals surface area (Å²) in [7, 11) is 0. The molecular weight excluding hydrogens is 415 g/mol. The largest absolute Gasteiger partial charge is 0.333 e. The molecule has 12 heteroatoms. The van der Waals surface area contributed by atoms with Crippen LogP contribution >= 0.6 is 0 Å². The molecule has 11 nitrogen and oxygen atoms in total. The maximum atomic E-state index is 13.4. The van der Waals surface area contributed by atoms with Crippen LogP contribution in [0.4, 0.5) is 4.39 Å². The summed E-state index contributed by atoms with van der Waals surface area (Å²) in [5.41, 5.74) is 1.88. The molecule has 0 saturated carbocycles. The van der Waals surface area contributed by atoms with Crippen LogP contribution in [0.15, 0.2) is 42.9 Å². The molecule has 1 atom stereocenters. The van der Waals surface area contributed by atoms with Crippen LogP contribution in [-0.2, 0) is 6.54 Å². The SMILES string of the molecule is CCN(C(=O)c1nc(C)ccc1-n1nccn1)[C@@H](C)Cn1nnc(-c2ccc(F)cn2)n1. The van der Waals surface area contributed by atoms with E-state index in [9.17, 15) is 9.18 Å². The number of hydrogen-bond acceptors (Lipinski definition) is 8. The lowest BCUT2D eigenvalue weighted by Gasteiger charge is -2.27. The lowest BCUT2D eigenvalue weighted by molar-refractivity contribution is 0.0674. The number of amides is 1. The highest BCUT2D eigenvalue weighted by Crippen LogP contribution is 2.17. The number of hydrogen-bond donors (Lipinski definition) is 0. The topological polar surface area (TPSA) is 120 Å². The number of tetrazole rings is 1. The Morgan fingerprint density at radius 3 is 2.66 bits per heavy atom. The van der Waals surface area contributed by atoms with Crippen LogP contribution in [-0.4, -0.2) is 68.6 Å². The summed E-state index contributed by atoms with van der Waals surface area (Å²) in [6.07, 6.45) is 4.17. The predicted molar refractivity (Wildman–Crippen MR) is 111 cm³/mol. The van der Waals surface area contributed by atoms with Gasteiger partial charge in [0, 0.05) is 12.2 Å². The molecule has 4 aromatic rings. The van der Waals surface area contributed by atoms with E-state index in [0.717, 1.165) is 6.20 Å². The number of aryl methyl sites for hydroxylation is 1. The van der Waals surface area contributed by atoms with Crippen molar-refractivity contribution in [2.75, 3.05) is 6.54 Å². The average molecular weight is 436 g/mol. The third-order valence-electron chi connectivity index (χ3n) is 4.82. The number of likely N-dealkylation sites (N-methyl/N-ethyl adjacent to an activating group) is 1. The highest BCUT2D eigenvalue weighted by molar-refractivity contribution is 5.96. The molecule has 4 rings (SSSR count). The Balaban J connectivity index is 1.55. The summed E-state index contributed by atoms with van der Waals surface area (Å²) < 4.78 is 13.1. The van der Waals surface area contributed by atoms with Crippen molar-refractivity contribution in [2.45, 2.75) is 33.4 Å². The van der Waals surface area contributed by atoms with Gasteiger partial charge in [-0.1, -0.05) is 0 Å².